The minimum absolute atomic E-state index is 0.0456. The van der Waals surface area contributed by atoms with Gasteiger partial charge in [-0.25, -0.2) is 8.78 Å². The summed E-state index contributed by atoms with van der Waals surface area (Å²) in [6.45, 7) is 2.27. The molecule has 1 N–H and O–H groups in total. The van der Waals surface area contributed by atoms with Crippen molar-refractivity contribution in [3.8, 4) is 5.75 Å². The standard InChI is InChI=1S/C30H37F2N3O3S/c1-34(2)28(24-10-12-33-27-8-6-23(38-3)18-25(24)27)9-4-20-11-13-35(19-21(20)16-30(36)37)14-15-39-29-17-22(31)5-7-26(29)32/h5-8,10,12,17-18,20-21,28H,4,9,11,13-16,19H2,1-3H3,(H,36,37)/t20-,21+,28-/m1/s1. The number of likely N-dealkylation sites (tertiary alicyclic amines) is 1. The largest absolute Gasteiger partial charge is 0.497 e. The number of nitrogens with zero attached hydrogens (tertiary/aromatic N) is 3. The maximum absolute atomic E-state index is 14.0. The number of carboxylic acid groups (broad SMARTS) is 1. The molecule has 9 heteroatoms. The predicted octanol–water partition coefficient (Wildman–Crippen LogP) is 6.11. The van der Waals surface area contributed by atoms with Crippen LogP contribution in [0.1, 0.15) is 37.3 Å². The summed E-state index contributed by atoms with van der Waals surface area (Å²) in [6.07, 6.45) is 4.72. The third kappa shape index (κ3) is 7.68. The van der Waals surface area contributed by atoms with Crippen LogP contribution in [-0.2, 0) is 4.79 Å². The van der Waals surface area contributed by atoms with Crippen molar-refractivity contribution >= 4 is 28.6 Å². The number of hydrogen-bond donors (Lipinski definition) is 1. The van der Waals surface area contributed by atoms with Gasteiger partial charge in [0.15, 0.2) is 0 Å². The van der Waals surface area contributed by atoms with Gasteiger partial charge in [0.2, 0.25) is 0 Å². The highest BCUT2D eigenvalue weighted by atomic mass is 32.2. The van der Waals surface area contributed by atoms with Crippen LogP contribution in [0.5, 0.6) is 5.75 Å². The van der Waals surface area contributed by atoms with Crippen LogP contribution in [0.4, 0.5) is 8.78 Å². The van der Waals surface area contributed by atoms with E-state index in [0.717, 1.165) is 54.6 Å². The molecule has 2 aromatic carbocycles. The number of aromatic nitrogens is 1. The Labute approximate surface area is 233 Å². The molecule has 4 rings (SSSR count). The molecule has 3 atom stereocenters. The number of carbonyl (C=O) groups is 1. The summed E-state index contributed by atoms with van der Waals surface area (Å²) >= 11 is 1.30. The summed E-state index contributed by atoms with van der Waals surface area (Å²) in [4.78, 5) is 21.1. The molecule has 0 aliphatic carbocycles. The van der Waals surface area contributed by atoms with E-state index < -0.39 is 17.6 Å². The van der Waals surface area contributed by atoms with Crippen molar-refractivity contribution in [2.75, 3.05) is 46.6 Å². The molecule has 1 saturated heterocycles. The molecule has 0 bridgehead atoms. The van der Waals surface area contributed by atoms with Crippen LogP contribution in [0, 0.1) is 23.5 Å². The fourth-order valence-corrected chi connectivity index (χ4v) is 6.67. The lowest BCUT2D eigenvalue weighted by Crippen LogP contribution is -2.42. The molecule has 0 saturated carbocycles. The van der Waals surface area contributed by atoms with Gasteiger partial charge in [0.05, 0.1) is 12.6 Å². The number of halogens is 2. The van der Waals surface area contributed by atoms with Gasteiger partial charge in [-0.2, -0.15) is 0 Å². The van der Waals surface area contributed by atoms with Gasteiger partial charge in [0, 0.05) is 47.8 Å². The Morgan fingerprint density at radius 2 is 2.03 bits per heavy atom. The lowest BCUT2D eigenvalue weighted by Gasteiger charge is -2.39. The van der Waals surface area contributed by atoms with E-state index in [9.17, 15) is 18.7 Å². The molecule has 0 spiro atoms. The maximum atomic E-state index is 14.0. The lowest BCUT2D eigenvalue weighted by atomic mass is 9.79. The molecule has 1 fully saturated rings. The number of thioether (sulfide) groups is 1. The van der Waals surface area contributed by atoms with Crippen molar-refractivity contribution in [1.82, 2.24) is 14.8 Å². The molecule has 1 aliphatic heterocycles. The number of benzene rings is 2. The Hall–Kier alpha value is -2.75. The fraction of sp³-hybridized carbons (Fsp3) is 0.467. The SMILES string of the molecule is COc1ccc2nccc([C@@H](CC[C@@H]3CCN(CCSc4cc(F)ccc4F)C[C@@H]3CC(=O)O)N(C)C)c2c1. The molecule has 39 heavy (non-hydrogen) atoms. The molecule has 2 heterocycles. The number of rotatable bonds is 12. The molecule has 6 nitrogen and oxygen atoms in total. The van der Waals surface area contributed by atoms with Crippen LogP contribution in [0.2, 0.25) is 0 Å². The summed E-state index contributed by atoms with van der Waals surface area (Å²) in [5.74, 6) is 0.114. The third-order valence-corrected chi connectivity index (χ3v) is 8.76. The molecule has 0 radical (unpaired) electrons. The van der Waals surface area contributed by atoms with E-state index in [1.165, 1.54) is 23.4 Å². The van der Waals surface area contributed by atoms with Crippen molar-refractivity contribution < 1.29 is 23.4 Å². The minimum atomic E-state index is -0.778. The zero-order valence-corrected chi connectivity index (χ0v) is 23.6. The van der Waals surface area contributed by atoms with E-state index in [1.54, 1.807) is 7.11 Å². The Bertz CT molecular complexity index is 1280. The number of carboxylic acids is 1. The van der Waals surface area contributed by atoms with Gasteiger partial charge in [-0.15, -0.1) is 11.8 Å². The number of ether oxygens (including phenoxy) is 1. The summed E-state index contributed by atoms with van der Waals surface area (Å²) in [5.41, 5.74) is 2.12. The number of methoxy groups -OCH3 is 1. The Morgan fingerprint density at radius 3 is 2.77 bits per heavy atom. The maximum Gasteiger partial charge on any atom is 0.303 e. The molecule has 210 valence electrons. The number of aliphatic carboxylic acids is 1. The molecule has 1 aliphatic rings. The van der Waals surface area contributed by atoms with Crippen LogP contribution in [0.3, 0.4) is 0 Å². The zero-order chi connectivity index (χ0) is 27.9. The molecule has 0 unspecified atom stereocenters. The first-order valence-electron chi connectivity index (χ1n) is 13.4. The topological polar surface area (TPSA) is 65.9 Å². The average molecular weight is 558 g/mol. The van der Waals surface area contributed by atoms with Crippen LogP contribution in [0.15, 0.2) is 53.6 Å². The van der Waals surface area contributed by atoms with Crippen molar-refractivity contribution in [3.63, 3.8) is 0 Å². The third-order valence-electron chi connectivity index (χ3n) is 7.75. The number of hydrogen-bond acceptors (Lipinski definition) is 6. The van der Waals surface area contributed by atoms with Gasteiger partial charge in [-0.3, -0.25) is 9.78 Å². The zero-order valence-electron chi connectivity index (χ0n) is 22.8. The monoisotopic (exact) mass is 557 g/mol. The first-order valence-corrected chi connectivity index (χ1v) is 14.3. The van der Waals surface area contributed by atoms with Gasteiger partial charge in [0.25, 0.3) is 0 Å². The van der Waals surface area contributed by atoms with Gasteiger partial charge in [-0.05, 0) is 99.8 Å². The van der Waals surface area contributed by atoms with Gasteiger partial charge in [0.1, 0.15) is 17.4 Å². The van der Waals surface area contributed by atoms with Crippen molar-refractivity contribution in [3.05, 3.63) is 65.9 Å². The Morgan fingerprint density at radius 1 is 1.21 bits per heavy atom. The molecular formula is C30H37F2N3O3S. The second kappa shape index (κ2) is 13.5. The number of fused-ring (bicyclic) bond motifs is 1. The molecule has 3 aromatic rings. The first kappa shape index (κ1) is 29.2. The van der Waals surface area contributed by atoms with Gasteiger partial charge in [-0.1, -0.05) is 0 Å². The molecule has 0 amide bonds. The normalized spacial score (nSPS) is 18.9. The molecular weight excluding hydrogens is 520 g/mol. The summed E-state index contributed by atoms with van der Waals surface area (Å²) < 4.78 is 32.9. The quantitative estimate of drug-likeness (QED) is 0.270. The summed E-state index contributed by atoms with van der Waals surface area (Å²) in [5, 5.41) is 10.7. The van der Waals surface area contributed by atoms with Crippen LogP contribution < -0.4 is 4.74 Å². The molecule has 1 aromatic heterocycles. The average Bonchev–Trinajstić information content (AvgIpc) is 2.91. The van der Waals surface area contributed by atoms with Crippen LogP contribution in [-0.4, -0.2) is 72.5 Å². The van der Waals surface area contributed by atoms with Gasteiger partial charge >= 0.3 is 5.97 Å². The second-order valence-corrected chi connectivity index (χ2v) is 11.6. The highest BCUT2D eigenvalue weighted by molar-refractivity contribution is 7.99. The van der Waals surface area contributed by atoms with Crippen molar-refractivity contribution in [2.45, 2.75) is 36.6 Å². The van der Waals surface area contributed by atoms with E-state index in [4.69, 9.17) is 4.74 Å². The highest BCUT2D eigenvalue weighted by Crippen LogP contribution is 2.36. The van der Waals surface area contributed by atoms with E-state index in [0.29, 0.717) is 29.7 Å². The van der Waals surface area contributed by atoms with Crippen LogP contribution >= 0.6 is 11.8 Å². The van der Waals surface area contributed by atoms with E-state index >= 15 is 0 Å². The second-order valence-electron chi connectivity index (χ2n) is 10.5. The highest BCUT2D eigenvalue weighted by Gasteiger charge is 2.31. The summed E-state index contributed by atoms with van der Waals surface area (Å²) in [7, 11) is 5.81. The number of piperidine rings is 1. The van der Waals surface area contributed by atoms with Crippen molar-refractivity contribution in [1.29, 1.82) is 0 Å². The smallest absolute Gasteiger partial charge is 0.303 e. The summed E-state index contributed by atoms with van der Waals surface area (Å²) in [6, 6.07) is 11.7. The van der Waals surface area contributed by atoms with E-state index in [1.807, 2.05) is 24.4 Å². The first-order chi connectivity index (χ1) is 18.7. The van der Waals surface area contributed by atoms with E-state index in [-0.39, 0.29) is 18.4 Å². The van der Waals surface area contributed by atoms with Crippen molar-refractivity contribution in [2.24, 2.45) is 11.8 Å². The lowest BCUT2D eigenvalue weighted by molar-refractivity contribution is -0.139. The Balaban J connectivity index is 1.41. The number of pyridine rings is 1. The Kier molecular flexibility index (Phi) is 10.2. The predicted molar refractivity (Wildman–Crippen MR) is 151 cm³/mol. The van der Waals surface area contributed by atoms with Gasteiger partial charge < -0.3 is 19.6 Å². The minimum Gasteiger partial charge on any atom is -0.497 e. The van der Waals surface area contributed by atoms with Crippen LogP contribution in [0.25, 0.3) is 10.9 Å². The fourth-order valence-electron chi connectivity index (χ4n) is 5.70. The van der Waals surface area contributed by atoms with E-state index in [2.05, 4.69) is 34.9 Å².